The molecule has 0 aliphatic rings. The third kappa shape index (κ3) is 5.01. The molecule has 0 amide bonds. The van der Waals surface area contributed by atoms with Crippen molar-refractivity contribution in [1.82, 2.24) is 0 Å². The van der Waals surface area contributed by atoms with Crippen molar-refractivity contribution < 1.29 is 14.3 Å². The molecule has 24 heavy (non-hydrogen) atoms. The lowest BCUT2D eigenvalue weighted by molar-refractivity contribution is -0.251. The number of carbonyl (C=O) groups excluding carboxylic acids is 1. The van der Waals surface area contributed by atoms with Crippen molar-refractivity contribution in [3.05, 3.63) is 30.3 Å². The van der Waals surface area contributed by atoms with E-state index in [1.165, 1.54) is 5.19 Å². The summed E-state index contributed by atoms with van der Waals surface area (Å²) in [5.41, 5.74) is 0. The van der Waals surface area contributed by atoms with Gasteiger partial charge in [-0.1, -0.05) is 84.7 Å². The smallest absolute Gasteiger partial charge is 0.275 e. The second-order valence-electron chi connectivity index (χ2n) is 7.44. The molecule has 0 radical (unpaired) electrons. The van der Waals surface area contributed by atoms with Gasteiger partial charge in [-0.3, -0.25) is 9.37 Å². The largest absolute Gasteiger partial charge is 0.297 e. The summed E-state index contributed by atoms with van der Waals surface area (Å²) in [6.07, 6.45) is 2.87. The van der Waals surface area contributed by atoms with E-state index >= 15 is 0 Å². The highest BCUT2D eigenvalue weighted by atomic mass is 28.4. The fourth-order valence-corrected chi connectivity index (χ4v) is 7.21. The number of hydrogen-bond acceptors (Lipinski definition) is 3. The van der Waals surface area contributed by atoms with E-state index in [0.717, 1.165) is 18.9 Å². The standard InChI is InChI=1S/C20H34O3Si/c1-7-10-16-24(20(4,5)6,17-14-12-11-13-15-17)23-22-19(9-3)18(21)8-2/h11-15,19H,7-10,16H2,1-6H3/t19?,24-/m0/s1. The summed E-state index contributed by atoms with van der Waals surface area (Å²) in [4.78, 5) is 17.9. The van der Waals surface area contributed by atoms with E-state index in [4.69, 9.17) is 9.46 Å². The van der Waals surface area contributed by atoms with Crippen molar-refractivity contribution in [1.29, 1.82) is 0 Å². The van der Waals surface area contributed by atoms with Crippen LogP contribution >= 0.6 is 0 Å². The molecular weight excluding hydrogens is 316 g/mol. The number of ketones is 1. The van der Waals surface area contributed by atoms with Crippen LogP contribution in [0.15, 0.2) is 30.3 Å². The number of hydrogen-bond donors (Lipinski definition) is 0. The predicted octanol–water partition coefficient (Wildman–Crippen LogP) is 5.15. The first-order valence-corrected chi connectivity index (χ1v) is 11.4. The van der Waals surface area contributed by atoms with Crippen LogP contribution in [0.4, 0.5) is 0 Å². The van der Waals surface area contributed by atoms with Crippen LogP contribution in [0.3, 0.4) is 0 Å². The molecular formula is C20H34O3Si. The molecule has 0 bridgehead atoms. The highest BCUT2D eigenvalue weighted by molar-refractivity contribution is 6.88. The number of unbranched alkanes of at least 4 members (excludes halogenated alkanes) is 1. The lowest BCUT2D eigenvalue weighted by Crippen LogP contribution is -2.58. The Morgan fingerprint density at radius 1 is 1.12 bits per heavy atom. The first-order valence-electron chi connectivity index (χ1n) is 9.25. The van der Waals surface area contributed by atoms with E-state index in [9.17, 15) is 4.79 Å². The number of Topliss-reactive ketones (excluding diaryl/α,β-unsaturated/α-hetero) is 1. The molecule has 1 aromatic rings. The zero-order chi connectivity index (χ0) is 18.2. The molecule has 0 aromatic heterocycles. The van der Waals surface area contributed by atoms with Gasteiger partial charge in [0.15, 0.2) is 5.78 Å². The van der Waals surface area contributed by atoms with E-state index in [-0.39, 0.29) is 10.8 Å². The lowest BCUT2D eigenvalue weighted by Gasteiger charge is -2.41. The number of benzene rings is 1. The van der Waals surface area contributed by atoms with E-state index in [1.807, 2.05) is 19.9 Å². The Morgan fingerprint density at radius 2 is 1.75 bits per heavy atom. The first-order chi connectivity index (χ1) is 11.3. The van der Waals surface area contributed by atoms with E-state index < -0.39 is 14.4 Å². The summed E-state index contributed by atoms with van der Waals surface area (Å²) in [7, 11) is -2.41. The van der Waals surface area contributed by atoms with Gasteiger partial charge in [-0.25, -0.2) is 4.89 Å². The summed E-state index contributed by atoms with van der Waals surface area (Å²) in [5.74, 6) is 0.109. The van der Waals surface area contributed by atoms with Gasteiger partial charge in [0.25, 0.3) is 8.32 Å². The Morgan fingerprint density at radius 3 is 2.21 bits per heavy atom. The van der Waals surface area contributed by atoms with Crippen molar-refractivity contribution >= 4 is 19.3 Å². The second kappa shape index (κ2) is 9.49. The van der Waals surface area contributed by atoms with E-state index in [2.05, 4.69) is 52.0 Å². The molecule has 0 spiro atoms. The number of rotatable bonds is 10. The summed E-state index contributed by atoms with van der Waals surface area (Å²) in [5, 5.41) is 1.21. The molecule has 1 rings (SSSR count). The Bertz CT molecular complexity index is 495. The molecule has 0 aliphatic heterocycles. The van der Waals surface area contributed by atoms with E-state index in [0.29, 0.717) is 12.8 Å². The Hall–Kier alpha value is -0.973. The maximum absolute atomic E-state index is 12.1. The third-order valence-electron chi connectivity index (χ3n) is 4.72. The van der Waals surface area contributed by atoms with Crippen LogP contribution in [0.5, 0.6) is 0 Å². The molecule has 1 aromatic carbocycles. The lowest BCUT2D eigenvalue weighted by atomic mass is 10.1. The molecule has 0 N–H and O–H groups in total. The first kappa shape index (κ1) is 21.1. The van der Waals surface area contributed by atoms with Gasteiger partial charge in [0.05, 0.1) is 0 Å². The van der Waals surface area contributed by atoms with Gasteiger partial charge < -0.3 is 0 Å². The minimum Gasteiger partial charge on any atom is -0.297 e. The van der Waals surface area contributed by atoms with Crippen molar-refractivity contribution in [2.75, 3.05) is 0 Å². The topological polar surface area (TPSA) is 35.5 Å². The van der Waals surface area contributed by atoms with Gasteiger partial charge in [-0.2, -0.15) is 0 Å². The van der Waals surface area contributed by atoms with Crippen LogP contribution in [0.25, 0.3) is 0 Å². The Labute approximate surface area is 148 Å². The summed E-state index contributed by atoms with van der Waals surface area (Å²) in [6, 6.07) is 11.5. The zero-order valence-corrected chi connectivity index (χ0v) is 17.2. The van der Waals surface area contributed by atoms with Gasteiger partial charge in [0, 0.05) is 6.42 Å². The van der Waals surface area contributed by atoms with Crippen molar-refractivity contribution in [3.63, 3.8) is 0 Å². The SMILES string of the molecule is CCCC[Si@](OOC(CC)C(=O)CC)(c1ccccc1)C(C)(C)C. The molecule has 0 heterocycles. The molecule has 2 atom stereocenters. The summed E-state index contributed by atoms with van der Waals surface area (Å²) < 4.78 is 6.28. The average molecular weight is 351 g/mol. The molecule has 3 nitrogen and oxygen atoms in total. The highest BCUT2D eigenvalue weighted by Gasteiger charge is 2.50. The molecule has 0 saturated heterocycles. The molecule has 0 saturated carbocycles. The van der Waals surface area contributed by atoms with Crippen molar-refractivity contribution in [3.8, 4) is 0 Å². The van der Waals surface area contributed by atoms with E-state index in [1.54, 1.807) is 0 Å². The van der Waals surface area contributed by atoms with Crippen LogP contribution < -0.4 is 5.19 Å². The molecule has 0 aliphatic carbocycles. The third-order valence-corrected chi connectivity index (χ3v) is 9.85. The predicted molar refractivity (Wildman–Crippen MR) is 103 cm³/mol. The maximum atomic E-state index is 12.1. The van der Waals surface area contributed by atoms with Gasteiger partial charge in [-0.05, 0) is 22.7 Å². The fraction of sp³-hybridized carbons (Fsp3) is 0.650. The van der Waals surface area contributed by atoms with Crippen LogP contribution in [0, 0.1) is 0 Å². The van der Waals surface area contributed by atoms with Crippen molar-refractivity contribution in [2.24, 2.45) is 0 Å². The fourth-order valence-electron chi connectivity index (χ4n) is 3.02. The van der Waals surface area contributed by atoms with Gasteiger partial charge >= 0.3 is 0 Å². The van der Waals surface area contributed by atoms with Crippen LogP contribution in [-0.2, 0) is 14.3 Å². The maximum Gasteiger partial charge on any atom is 0.275 e. The summed E-state index contributed by atoms with van der Waals surface area (Å²) in [6.45, 7) is 12.7. The quantitative estimate of drug-likeness (QED) is 0.333. The van der Waals surface area contributed by atoms with Gasteiger partial charge in [0.2, 0.25) is 0 Å². The van der Waals surface area contributed by atoms with Crippen LogP contribution in [-0.4, -0.2) is 20.2 Å². The zero-order valence-electron chi connectivity index (χ0n) is 16.2. The highest BCUT2D eigenvalue weighted by Crippen LogP contribution is 2.41. The Balaban J connectivity index is 3.18. The molecule has 136 valence electrons. The molecule has 4 heteroatoms. The average Bonchev–Trinajstić information content (AvgIpc) is 2.57. The van der Waals surface area contributed by atoms with Crippen molar-refractivity contribution in [2.45, 2.75) is 84.4 Å². The monoisotopic (exact) mass is 350 g/mol. The minimum absolute atomic E-state index is 0.0307. The number of carbonyl (C=O) groups is 1. The minimum atomic E-state index is -2.41. The normalized spacial score (nSPS) is 15.8. The van der Waals surface area contributed by atoms with Gasteiger partial charge in [0.1, 0.15) is 6.10 Å². The Kier molecular flexibility index (Phi) is 8.34. The second-order valence-corrected chi connectivity index (χ2v) is 11.8. The van der Waals surface area contributed by atoms with Crippen LogP contribution in [0.1, 0.15) is 67.2 Å². The van der Waals surface area contributed by atoms with Gasteiger partial charge in [-0.15, -0.1) is 0 Å². The summed E-state index contributed by atoms with van der Waals surface area (Å²) >= 11 is 0. The van der Waals surface area contributed by atoms with Crippen LogP contribution in [0.2, 0.25) is 11.1 Å². The molecule has 0 fully saturated rings. The molecule has 1 unspecified atom stereocenters.